The van der Waals surface area contributed by atoms with Crippen LogP contribution in [-0.4, -0.2) is 13.6 Å². The van der Waals surface area contributed by atoms with E-state index in [1.165, 1.54) is 43.4 Å². The molecule has 1 aliphatic rings. The fourth-order valence-electron chi connectivity index (χ4n) is 2.97. The van der Waals surface area contributed by atoms with Crippen LogP contribution in [0.4, 0.5) is 5.69 Å². The van der Waals surface area contributed by atoms with E-state index < -0.39 is 0 Å². The van der Waals surface area contributed by atoms with Gasteiger partial charge in [0, 0.05) is 24.1 Å². The number of nitrogens with zero attached hydrogens (tertiary/aromatic N) is 1. The maximum absolute atomic E-state index is 5.92. The number of hydrogen-bond donors (Lipinski definition) is 1. The van der Waals surface area contributed by atoms with Crippen LogP contribution in [-0.2, 0) is 0 Å². The minimum Gasteiger partial charge on any atom is -0.373 e. The van der Waals surface area contributed by atoms with E-state index in [1.54, 1.807) is 0 Å². The molecule has 2 N–H and O–H groups in total. The highest BCUT2D eigenvalue weighted by Crippen LogP contribution is 2.31. The Morgan fingerprint density at radius 3 is 2.58 bits per heavy atom. The minimum atomic E-state index is 0.0917. The van der Waals surface area contributed by atoms with Crippen molar-refractivity contribution in [3.8, 4) is 0 Å². The second-order valence-corrected chi connectivity index (χ2v) is 6.74. The van der Waals surface area contributed by atoms with Gasteiger partial charge in [0.1, 0.15) is 0 Å². The molecule has 1 atom stereocenters. The van der Waals surface area contributed by atoms with Crippen molar-refractivity contribution in [2.75, 3.05) is 18.5 Å². The largest absolute Gasteiger partial charge is 0.373 e. The van der Waals surface area contributed by atoms with E-state index in [0.29, 0.717) is 0 Å². The first-order valence-electron chi connectivity index (χ1n) is 7.34. The van der Waals surface area contributed by atoms with Crippen molar-refractivity contribution in [1.82, 2.24) is 0 Å². The SMILES string of the molecule is CC(N)c1ccc(N(C)CC2CCCCC2)c(Br)c1. The first-order valence-corrected chi connectivity index (χ1v) is 8.13. The molecule has 2 nitrogen and oxygen atoms in total. The van der Waals surface area contributed by atoms with Gasteiger partial charge in [-0.15, -0.1) is 0 Å². The monoisotopic (exact) mass is 324 g/mol. The van der Waals surface area contributed by atoms with Crippen molar-refractivity contribution in [3.63, 3.8) is 0 Å². The molecule has 1 aliphatic carbocycles. The van der Waals surface area contributed by atoms with Crippen molar-refractivity contribution in [2.24, 2.45) is 11.7 Å². The van der Waals surface area contributed by atoms with E-state index >= 15 is 0 Å². The minimum absolute atomic E-state index is 0.0917. The van der Waals surface area contributed by atoms with Gasteiger partial charge in [-0.2, -0.15) is 0 Å². The molecular formula is C16H25BrN2. The van der Waals surface area contributed by atoms with Crippen molar-refractivity contribution in [1.29, 1.82) is 0 Å². The smallest absolute Gasteiger partial charge is 0.0508 e. The molecule has 0 aromatic heterocycles. The van der Waals surface area contributed by atoms with E-state index in [0.717, 1.165) is 16.9 Å². The summed E-state index contributed by atoms with van der Waals surface area (Å²) in [5, 5.41) is 0. The number of nitrogens with two attached hydrogens (primary N) is 1. The van der Waals surface area contributed by atoms with Crippen LogP contribution in [0.5, 0.6) is 0 Å². The molecule has 3 heteroatoms. The summed E-state index contributed by atoms with van der Waals surface area (Å²) in [7, 11) is 2.19. The third-order valence-electron chi connectivity index (χ3n) is 4.17. The molecule has 1 saturated carbocycles. The number of hydrogen-bond acceptors (Lipinski definition) is 2. The summed E-state index contributed by atoms with van der Waals surface area (Å²) >= 11 is 3.68. The highest BCUT2D eigenvalue weighted by molar-refractivity contribution is 9.10. The fraction of sp³-hybridized carbons (Fsp3) is 0.625. The summed E-state index contributed by atoms with van der Waals surface area (Å²) in [6.45, 7) is 3.18. The average Bonchev–Trinajstić information content (AvgIpc) is 2.39. The summed E-state index contributed by atoms with van der Waals surface area (Å²) in [5.41, 5.74) is 8.38. The van der Waals surface area contributed by atoms with E-state index in [2.05, 4.69) is 46.1 Å². The van der Waals surface area contributed by atoms with E-state index in [4.69, 9.17) is 5.73 Å². The van der Waals surface area contributed by atoms with Crippen LogP contribution >= 0.6 is 15.9 Å². The Bertz CT molecular complexity index is 411. The predicted octanol–water partition coefficient (Wildman–Crippen LogP) is 4.49. The predicted molar refractivity (Wildman–Crippen MR) is 86.6 cm³/mol. The van der Waals surface area contributed by atoms with Crippen molar-refractivity contribution < 1.29 is 0 Å². The standard InChI is InChI=1S/C16H25BrN2/c1-12(18)14-8-9-16(15(17)10-14)19(2)11-13-6-4-3-5-7-13/h8-10,12-13H,3-7,11,18H2,1-2H3. The highest BCUT2D eigenvalue weighted by atomic mass is 79.9. The van der Waals surface area contributed by atoms with Crippen LogP contribution in [0, 0.1) is 5.92 Å². The lowest BCUT2D eigenvalue weighted by molar-refractivity contribution is 0.362. The van der Waals surface area contributed by atoms with Crippen LogP contribution in [0.2, 0.25) is 0 Å². The topological polar surface area (TPSA) is 29.3 Å². The van der Waals surface area contributed by atoms with Gasteiger partial charge in [0.25, 0.3) is 0 Å². The van der Waals surface area contributed by atoms with Crippen LogP contribution in [0.15, 0.2) is 22.7 Å². The molecule has 106 valence electrons. The van der Waals surface area contributed by atoms with Crippen LogP contribution < -0.4 is 10.6 Å². The molecule has 1 aromatic carbocycles. The number of anilines is 1. The van der Waals surface area contributed by atoms with Gasteiger partial charge in [0.05, 0.1) is 5.69 Å². The maximum Gasteiger partial charge on any atom is 0.0508 e. The number of benzene rings is 1. The molecule has 1 aromatic rings. The van der Waals surface area contributed by atoms with Gasteiger partial charge < -0.3 is 10.6 Å². The second-order valence-electron chi connectivity index (χ2n) is 5.88. The number of halogens is 1. The van der Waals surface area contributed by atoms with Crippen molar-refractivity contribution >= 4 is 21.6 Å². The molecule has 0 bridgehead atoms. The third-order valence-corrected chi connectivity index (χ3v) is 4.80. The molecule has 0 saturated heterocycles. The number of rotatable bonds is 4. The van der Waals surface area contributed by atoms with Crippen LogP contribution in [0.3, 0.4) is 0 Å². The molecule has 1 unspecified atom stereocenters. The van der Waals surface area contributed by atoms with Gasteiger partial charge in [0.2, 0.25) is 0 Å². The summed E-state index contributed by atoms with van der Waals surface area (Å²) in [6.07, 6.45) is 7.01. The van der Waals surface area contributed by atoms with Gasteiger partial charge in [-0.3, -0.25) is 0 Å². The van der Waals surface area contributed by atoms with Crippen molar-refractivity contribution in [2.45, 2.75) is 45.1 Å². The average molecular weight is 325 g/mol. The zero-order valence-corrected chi connectivity index (χ0v) is 13.6. The summed E-state index contributed by atoms with van der Waals surface area (Å²) in [4.78, 5) is 2.38. The Hall–Kier alpha value is -0.540. The maximum atomic E-state index is 5.92. The Balaban J connectivity index is 2.03. The molecule has 0 aliphatic heterocycles. The lowest BCUT2D eigenvalue weighted by atomic mass is 9.89. The molecule has 0 heterocycles. The quantitative estimate of drug-likeness (QED) is 0.884. The van der Waals surface area contributed by atoms with Gasteiger partial charge in [-0.25, -0.2) is 0 Å². The second kappa shape index (κ2) is 6.76. The Morgan fingerprint density at radius 1 is 1.32 bits per heavy atom. The molecule has 1 fully saturated rings. The van der Waals surface area contributed by atoms with Crippen molar-refractivity contribution in [3.05, 3.63) is 28.2 Å². The summed E-state index contributed by atoms with van der Waals surface area (Å²) < 4.78 is 1.15. The highest BCUT2D eigenvalue weighted by Gasteiger charge is 2.17. The van der Waals surface area contributed by atoms with Crippen LogP contribution in [0.25, 0.3) is 0 Å². The zero-order chi connectivity index (χ0) is 13.8. The fourth-order valence-corrected chi connectivity index (χ4v) is 3.67. The van der Waals surface area contributed by atoms with E-state index in [1.807, 2.05) is 6.92 Å². The van der Waals surface area contributed by atoms with E-state index in [-0.39, 0.29) is 6.04 Å². The summed E-state index contributed by atoms with van der Waals surface area (Å²) in [6, 6.07) is 6.57. The Kier molecular flexibility index (Phi) is 5.28. The lowest BCUT2D eigenvalue weighted by Crippen LogP contribution is -2.27. The zero-order valence-electron chi connectivity index (χ0n) is 12.0. The molecular weight excluding hydrogens is 300 g/mol. The Labute approximate surface area is 125 Å². The lowest BCUT2D eigenvalue weighted by Gasteiger charge is -2.29. The first kappa shape index (κ1) is 14.9. The molecule has 0 radical (unpaired) electrons. The van der Waals surface area contributed by atoms with E-state index in [9.17, 15) is 0 Å². The van der Waals surface area contributed by atoms with Gasteiger partial charge in [0.15, 0.2) is 0 Å². The summed E-state index contributed by atoms with van der Waals surface area (Å²) in [5.74, 6) is 0.860. The van der Waals surface area contributed by atoms with Gasteiger partial charge >= 0.3 is 0 Å². The molecule has 2 rings (SSSR count). The molecule has 0 spiro atoms. The molecule has 0 amide bonds. The van der Waals surface area contributed by atoms with Crippen LogP contribution in [0.1, 0.15) is 50.6 Å². The van der Waals surface area contributed by atoms with Gasteiger partial charge in [-0.05, 0) is 59.3 Å². The first-order chi connectivity index (χ1) is 9.08. The normalized spacial score (nSPS) is 18.3. The molecule has 19 heavy (non-hydrogen) atoms. The van der Waals surface area contributed by atoms with Gasteiger partial charge in [-0.1, -0.05) is 25.3 Å². The Morgan fingerprint density at radius 2 is 2.00 bits per heavy atom. The third kappa shape index (κ3) is 3.96.